The van der Waals surface area contributed by atoms with Crippen molar-refractivity contribution in [1.29, 1.82) is 0 Å². The number of hydrogen-bond donors (Lipinski definition) is 1. The Kier molecular flexibility index (Phi) is 4.29. The van der Waals surface area contributed by atoms with E-state index < -0.39 is 6.43 Å². The van der Waals surface area contributed by atoms with Crippen molar-refractivity contribution < 1.29 is 13.9 Å². The Hall–Kier alpha value is -0.870. The molecule has 0 spiro atoms. The summed E-state index contributed by atoms with van der Waals surface area (Å²) < 4.78 is 24.1. The van der Waals surface area contributed by atoms with E-state index in [2.05, 4.69) is 0 Å². The number of phenols is 1. The molecule has 0 amide bonds. The number of phenolic OH excluding ortho intramolecular Hbond substituents is 1. The zero-order valence-corrected chi connectivity index (χ0v) is 9.01. The van der Waals surface area contributed by atoms with Gasteiger partial charge in [-0.1, -0.05) is 11.6 Å². The molecular weight excluding hydrogens is 224 g/mol. The SMILES string of the molecule is CN(Cc1cc(Cl)ccc1O)CC(F)F. The number of nitrogens with zero attached hydrogens (tertiary/aromatic N) is 1. The van der Waals surface area contributed by atoms with E-state index in [0.717, 1.165) is 0 Å². The van der Waals surface area contributed by atoms with Gasteiger partial charge in [-0.2, -0.15) is 0 Å². The van der Waals surface area contributed by atoms with Crippen LogP contribution in [0.4, 0.5) is 8.78 Å². The second-order valence-electron chi connectivity index (χ2n) is 3.36. The monoisotopic (exact) mass is 235 g/mol. The number of rotatable bonds is 4. The highest BCUT2D eigenvalue weighted by molar-refractivity contribution is 6.30. The molecule has 1 N–H and O–H groups in total. The topological polar surface area (TPSA) is 23.5 Å². The molecule has 0 aromatic heterocycles. The molecule has 5 heteroatoms. The smallest absolute Gasteiger partial charge is 0.251 e. The van der Waals surface area contributed by atoms with Crippen molar-refractivity contribution >= 4 is 11.6 Å². The minimum absolute atomic E-state index is 0.0699. The quantitative estimate of drug-likeness (QED) is 0.868. The molecule has 0 aliphatic rings. The summed E-state index contributed by atoms with van der Waals surface area (Å²) in [5.74, 6) is 0.0699. The molecule has 0 radical (unpaired) electrons. The van der Waals surface area contributed by atoms with Gasteiger partial charge in [-0.15, -0.1) is 0 Å². The molecule has 0 saturated carbocycles. The predicted octanol–water partition coefficient (Wildman–Crippen LogP) is 2.74. The van der Waals surface area contributed by atoms with Crippen molar-refractivity contribution in [1.82, 2.24) is 4.90 Å². The number of benzene rings is 1. The Morgan fingerprint density at radius 3 is 2.73 bits per heavy atom. The summed E-state index contributed by atoms with van der Waals surface area (Å²) >= 11 is 5.73. The van der Waals surface area contributed by atoms with Crippen LogP contribution < -0.4 is 0 Å². The molecule has 0 heterocycles. The van der Waals surface area contributed by atoms with E-state index >= 15 is 0 Å². The first-order valence-corrected chi connectivity index (χ1v) is 4.81. The third-order valence-electron chi connectivity index (χ3n) is 1.93. The van der Waals surface area contributed by atoms with Crippen molar-refractivity contribution in [3.05, 3.63) is 28.8 Å². The summed E-state index contributed by atoms with van der Waals surface area (Å²) in [6, 6.07) is 4.57. The Morgan fingerprint density at radius 2 is 2.13 bits per heavy atom. The van der Waals surface area contributed by atoms with Gasteiger partial charge in [0.1, 0.15) is 5.75 Å². The molecule has 0 bridgehead atoms. The van der Waals surface area contributed by atoms with E-state index in [0.29, 0.717) is 10.6 Å². The highest BCUT2D eigenvalue weighted by atomic mass is 35.5. The first-order valence-electron chi connectivity index (χ1n) is 4.43. The van der Waals surface area contributed by atoms with E-state index in [-0.39, 0.29) is 18.8 Å². The van der Waals surface area contributed by atoms with Crippen molar-refractivity contribution in [3.63, 3.8) is 0 Å². The second kappa shape index (κ2) is 5.28. The Bertz CT molecular complexity index is 333. The van der Waals surface area contributed by atoms with Gasteiger partial charge in [0.15, 0.2) is 0 Å². The largest absolute Gasteiger partial charge is 0.508 e. The maximum absolute atomic E-state index is 12.0. The van der Waals surface area contributed by atoms with Crippen LogP contribution in [-0.2, 0) is 6.54 Å². The average molecular weight is 236 g/mol. The minimum atomic E-state index is -2.38. The van der Waals surface area contributed by atoms with E-state index in [9.17, 15) is 13.9 Å². The van der Waals surface area contributed by atoms with E-state index in [1.807, 2.05) is 0 Å². The summed E-state index contributed by atoms with van der Waals surface area (Å²) in [6.45, 7) is -0.0807. The molecular formula is C10H12ClF2NO. The lowest BCUT2D eigenvalue weighted by Crippen LogP contribution is -2.24. The van der Waals surface area contributed by atoms with Crippen LogP contribution in [0.15, 0.2) is 18.2 Å². The molecule has 0 saturated heterocycles. The molecule has 0 atom stereocenters. The van der Waals surface area contributed by atoms with Crippen molar-refractivity contribution in [3.8, 4) is 5.75 Å². The van der Waals surface area contributed by atoms with E-state index in [1.165, 1.54) is 11.0 Å². The van der Waals surface area contributed by atoms with Gasteiger partial charge in [0.05, 0.1) is 6.54 Å². The number of aromatic hydroxyl groups is 1. The van der Waals surface area contributed by atoms with Crippen LogP contribution in [-0.4, -0.2) is 30.0 Å². The molecule has 1 rings (SSSR count). The fourth-order valence-corrected chi connectivity index (χ4v) is 1.47. The van der Waals surface area contributed by atoms with Gasteiger partial charge in [-0.3, -0.25) is 4.90 Å². The molecule has 0 unspecified atom stereocenters. The number of halogens is 3. The highest BCUT2D eigenvalue weighted by Crippen LogP contribution is 2.22. The lowest BCUT2D eigenvalue weighted by molar-refractivity contribution is 0.0972. The standard InChI is InChI=1S/C10H12ClF2NO/c1-14(6-10(12)13)5-7-4-8(11)2-3-9(7)15/h2-4,10,15H,5-6H2,1H3. The van der Waals surface area contributed by atoms with Gasteiger partial charge < -0.3 is 5.11 Å². The summed E-state index contributed by atoms with van der Waals surface area (Å²) in [4.78, 5) is 1.43. The maximum atomic E-state index is 12.0. The molecule has 15 heavy (non-hydrogen) atoms. The Morgan fingerprint density at radius 1 is 1.47 bits per heavy atom. The normalized spacial score (nSPS) is 11.3. The van der Waals surface area contributed by atoms with Crippen molar-refractivity contribution in [2.24, 2.45) is 0 Å². The van der Waals surface area contributed by atoms with Gasteiger partial charge in [-0.05, 0) is 25.2 Å². The molecule has 2 nitrogen and oxygen atoms in total. The van der Waals surface area contributed by atoms with E-state index in [1.54, 1.807) is 19.2 Å². The highest BCUT2D eigenvalue weighted by Gasteiger charge is 2.10. The summed E-state index contributed by atoms with van der Waals surface area (Å²) in [5.41, 5.74) is 0.547. The Labute approximate surface area is 92.1 Å². The minimum Gasteiger partial charge on any atom is -0.508 e. The molecule has 0 aliphatic heterocycles. The summed E-state index contributed by atoms with van der Waals surface area (Å²) in [6.07, 6.45) is -2.38. The second-order valence-corrected chi connectivity index (χ2v) is 3.80. The summed E-state index contributed by atoms with van der Waals surface area (Å²) in [7, 11) is 1.56. The lowest BCUT2D eigenvalue weighted by atomic mass is 10.2. The molecule has 0 fully saturated rings. The maximum Gasteiger partial charge on any atom is 0.251 e. The predicted molar refractivity (Wildman–Crippen MR) is 55.5 cm³/mol. The van der Waals surface area contributed by atoms with Gasteiger partial charge >= 0.3 is 0 Å². The van der Waals surface area contributed by atoms with Crippen LogP contribution in [0.5, 0.6) is 5.75 Å². The van der Waals surface area contributed by atoms with Crippen LogP contribution in [0.1, 0.15) is 5.56 Å². The first-order chi connectivity index (χ1) is 6.99. The third-order valence-corrected chi connectivity index (χ3v) is 2.17. The first kappa shape index (κ1) is 12.2. The van der Waals surface area contributed by atoms with Gasteiger partial charge in [0.2, 0.25) is 0 Å². The zero-order chi connectivity index (χ0) is 11.4. The van der Waals surface area contributed by atoms with Crippen LogP contribution in [0, 0.1) is 0 Å². The number of alkyl halides is 2. The molecule has 0 aliphatic carbocycles. The Balaban J connectivity index is 2.67. The van der Waals surface area contributed by atoms with Crippen LogP contribution in [0.2, 0.25) is 5.02 Å². The van der Waals surface area contributed by atoms with Gasteiger partial charge in [-0.25, -0.2) is 8.78 Å². The summed E-state index contributed by atoms with van der Waals surface area (Å²) in [5, 5.41) is 9.93. The zero-order valence-electron chi connectivity index (χ0n) is 8.25. The average Bonchev–Trinajstić information content (AvgIpc) is 2.10. The van der Waals surface area contributed by atoms with Crippen molar-refractivity contribution in [2.75, 3.05) is 13.6 Å². The lowest BCUT2D eigenvalue weighted by Gasteiger charge is -2.16. The number of hydrogen-bond acceptors (Lipinski definition) is 2. The van der Waals surface area contributed by atoms with Gasteiger partial charge in [0.25, 0.3) is 6.43 Å². The molecule has 1 aromatic carbocycles. The molecule has 1 aromatic rings. The van der Waals surface area contributed by atoms with Crippen LogP contribution in [0.25, 0.3) is 0 Å². The molecule has 84 valence electrons. The van der Waals surface area contributed by atoms with E-state index in [4.69, 9.17) is 11.6 Å². The third kappa shape index (κ3) is 4.01. The van der Waals surface area contributed by atoms with Gasteiger partial charge in [0, 0.05) is 17.1 Å². The fourth-order valence-electron chi connectivity index (χ4n) is 1.27. The van der Waals surface area contributed by atoms with Crippen LogP contribution in [0.3, 0.4) is 0 Å². The fraction of sp³-hybridized carbons (Fsp3) is 0.400. The van der Waals surface area contributed by atoms with Crippen LogP contribution >= 0.6 is 11.6 Å². The van der Waals surface area contributed by atoms with Crippen molar-refractivity contribution in [2.45, 2.75) is 13.0 Å².